The monoisotopic (exact) mass is 490 g/mol. The standard InChI is InChI=1S/C23H22O12/c1-29-12-4-3-9(5-10(12)24)19-22(35-23-18(28)16(26)11(25)7-31-23)17(27)15-13(34-19)6-14-20(21(15)30-2)33-8-32-14/h3-6,11,16,18,23-26,28H,7-8H2,1-2H3/t11-,16+,18-,23+/m0/s1. The molecule has 5 rings (SSSR count). The zero-order valence-corrected chi connectivity index (χ0v) is 18.6. The number of methoxy groups -OCH3 is 2. The summed E-state index contributed by atoms with van der Waals surface area (Å²) in [4.78, 5) is 13.7. The van der Waals surface area contributed by atoms with E-state index in [2.05, 4.69) is 0 Å². The van der Waals surface area contributed by atoms with Crippen molar-refractivity contribution in [3.05, 3.63) is 34.5 Å². The average molecular weight is 490 g/mol. The van der Waals surface area contributed by atoms with E-state index < -0.39 is 35.8 Å². The van der Waals surface area contributed by atoms with E-state index in [-0.39, 0.29) is 58.7 Å². The van der Waals surface area contributed by atoms with Crippen LogP contribution in [-0.4, -0.2) is 72.6 Å². The third kappa shape index (κ3) is 3.76. The molecular formula is C23H22O12. The van der Waals surface area contributed by atoms with E-state index in [4.69, 9.17) is 32.8 Å². The molecule has 2 aliphatic rings. The lowest BCUT2D eigenvalue weighted by atomic mass is 10.1. The van der Waals surface area contributed by atoms with E-state index in [9.17, 15) is 25.2 Å². The summed E-state index contributed by atoms with van der Waals surface area (Å²) in [6.45, 7) is -0.427. The summed E-state index contributed by atoms with van der Waals surface area (Å²) >= 11 is 0. The van der Waals surface area contributed by atoms with Gasteiger partial charge in [0.25, 0.3) is 0 Å². The molecule has 1 fully saturated rings. The van der Waals surface area contributed by atoms with Crippen LogP contribution in [0, 0.1) is 0 Å². The highest BCUT2D eigenvalue weighted by Gasteiger charge is 2.40. The molecule has 0 saturated carbocycles. The molecule has 0 unspecified atom stereocenters. The van der Waals surface area contributed by atoms with Gasteiger partial charge in [0.15, 0.2) is 28.8 Å². The Bertz CT molecular complexity index is 1330. The van der Waals surface area contributed by atoms with E-state index in [1.54, 1.807) is 0 Å². The van der Waals surface area contributed by atoms with Crippen molar-refractivity contribution in [3.8, 4) is 45.8 Å². The first-order valence-corrected chi connectivity index (χ1v) is 10.5. The lowest BCUT2D eigenvalue weighted by Crippen LogP contribution is -2.55. The minimum atomic E-state index is -1.68. The van der Waals surface area contributed by atoms with Crippen LogP contribution in [0.3, 0.4) is 0 Å². The number of phenolic OH excluding ortho intramolecular Hbond substituents is 1. The molecule has 3 aromatic rings. The molecule has 12 nitrogen and oxygen atoms in total. The van der Waals surface area contributed by atoms with Crippen molar-refractivity contribution >= 4 is 11.0 Å². The fraction of sp³-hybridized carbons (Fsp3) is 0.348. The van der Waals surface area contributed by atoms with Gasteiger partial charge in [0.05, 0.1) is 20.8 Å². The van der Waals surface area contributed by atoms with Gasteiger partial charge in [-0.3, -0.25) is 4.79 Å². The molecule has 2 aliphatic heterocycles. The van der Waals surface area contributed by atoms with Crippen LogP contribution in [0.4, 0.5) is 0 Å². The molecule has 1 saturated heterocycles. The van der Waals surface area contributed by atoms with Crippen LogP contribution < -0.4 is 29.1 Å². The summed E-state index contributed by atoms with van der Waals surface area (Å²) in [6, 6.07) is 5.75. The Balaban J connectivity index is 1.73. The van der Waals surface area contributed by atoms with Crippen LogP contribution in [0.25, 0.3) is 22.3 Å². The van der Waals surface area contributed by atoms with Crippen molar-refractivity contribution in [2.24, 2.45) is 0 Å². The molecule has 1 aromatic heterocycles. The zero-order valence-electron chi connectivity index (χ0n) is 18.6. The van der Waals surface area contributed by atoms with Crippen LogP contribution in [-0.2, 0) is 4.74 Å². The number of rotatable bonds is 5. The summed E-state index contributed by atoms with van der Waals surface area (Å²) < 4.78 is 38.4. The van der Waals surface area contributed by atoms with Gasteiger partial charge in [-0.05, 0) is 18.2 Å². The number of hydrogen-bond acceptors (Lipinski definition) is 12. The van der Waals surface area contributed by atoms with Crippen LogP contribution in [0.15, 0.2) is 33.5 Å². The van der Waals surface area contributed by atoms with Crippen molar-refractivity contribution in [2.75, 3.05) is 27.6 Å². The van der Waals surface area contributed by atoms with Gasteiger partial charge in [-0.15, -0.1) is 0 Å². The number of benzene rings is 2. The molecule has 0 bridgehead atoms. The zero-order chi connectivity index (χ0) is 24.9. The number of hydrogen-bond donors (Lipinski definition) is 4. The lowest BCUT2D eigenvalue weighted by molar-refractivity contribution is -0.242. The molecule has 4 atom stereocenters. The van der Waals surface area contributed by atoms with E-state index in [1.165, 1.54) is 38.5 Å². The fourth-order valence-electron chi connectivity index (χ4n) is 3.98. The lowest BCUT2D eigenvalue weighted by Gasteiger charge is -2.34. The quantitative estimate of drug-likeness (QED) is 0.397. The van der Waals surface area contributed by atoms with E-state index in [1.807, 2.05) is 0 Å². The third-order valence-corrected chi connectivity index (χ3v) is 5.77. The first kappa shape index (κ1) is 23.1. The fourth-order valence-corrected chi connectivity index (χ4v) is 3.98. The minimum absolute atomic E-state index is 0.0286. The summed E-state index contributed by atoms with van der Waals surface area (Å²) in [5, 5.41) is 40.4. The van der Waals surface area contributed by atoms with Gasteiger partial charge in [0.2, 0.25) is 30.0 Å². The van der Waals surface area contributed by atoms with Crippen molar-refractivity contribution in [3.63, 3.8) is 0 Å². The molecule has 0 aliphatic carbocycles. The van der Waals surface area contributed by atoms with Gasteiger partial charge >= 0.3 is 0 Å². The van der Waals surface area contributed by atoms with E-state index >= 15 is 0 Å². The molecule has 4 N–H and O–H groups in total. The van der Waals surface area contributed by atoms with Gasteiger partial charge in [-0.2, -0.15) is 0 Å². The second-order valence-electron chi connectivity index (χ2n) is 7.86. The van der Waals surface area contributed by atoms with Gasteiger partial charge < -0.3 is 53.3 Å². The maximum Gasteiger partial charge on any atom is 0.239 e. The molecule has 0 spiro atoms. The Hall–Kier alpha value is -3.71. The van der Waals surface area contributed by atoms with Crippen LogP contribution in [0.5, 0.6) is 34.5 Å². The average Bonchev–Trinajstić information content (AvgIpc) is 3.32. The van der Waals surface area contributed by atoms with Gasteiger partial charge in [0.1, 0.15) is 29.3 Å². The third-order valence-electron chi connectivity index (χ3n) is 5.77. The molecule has 186 valence electrons. The predicted molar refractivity (Wildman–Crippen MR) is 117 cm³/mol. The largest absolute Gasteiger partial charge is 0.504 e. The van der Waals surface area contributed by atoms with Gasteiger partial charge in [-0.1, -0.05) is 0 Å². The smallest absolute Gasteiger partial charge is 0.239 e. The molecule has 12 heteroatoms. The first-order chi connectivity index (χ1) is 16.8. The predicted octanol–water partition coefficient (Wildman–Crippen LogP) is 0.729. The van der Waals surface area contributed by atoms with Crippen molar-refractivity contribution in [1.82, 2.24) is 0 Å². The molecule has 2 aromatic carbocycles. The normalized spacial score (nSPS) is 23.3. The second-order valence-corrected chi connectivity index (χ2v) is 7.86. The van der Waals surface area contributed by atoms with Gasteiger partial charge in [0, 0.05) is 11.6 Å². The maximum atomic E-state index is 13.7. The molecule has 0 amide bonds. The van der Waals surface area contributed by atoms with Crippen LogP contribution >= 0.6 is 0 Å². The SMILES string of the molecule is COc1ccc(-c2oc3cc4c(c(OC)c3c(=O)c2O[C@H]2OC[C@H](O)[C@@H](O)[C@@H]2O)OCO4)cc1O. The van der Waals surface area contributed by atoms with E-state index in [0.717, 1.165) is 0 Å². The Morgan fingerprint density at radius 3 is 2.51 bits per heavy atom. The Kier molecular flexibility index (Phi) is 5.81. The maximum absolute atomic E-state index is 13.7. The molecule has 35 heavy (non-hydrogen) atoms. The minimum Gasteiger partial charge on any atom is -0.504 e. The topological polar surface area (TPSA) is 167 Å². The van der Waals surface area contributed by atoms with Crippen LogP contribution in [0.2, 0.25) is 0 Å². The summed E-state index contributed by atoms with van der Waals surface area (Å²) in [5.41, 5.74) is -0.391. The summed E-state index contributed by atoms with van der Waals surface area (Å²) in [6.07, 6.45) is -6.10. The highest BCUT2D eigenvalue weighted by Crippen LogP contribution is 2.47. The highest BCUT2D eigenvalue weighted by molar-refractivity contribution is 5.92. The van der Waals surface area contributed by atoms with Crippen LogP contribution in [0.1, 0.15) is 0 Å². The number of aliphatic hydroxyl groups excluding tert-OH is 3. The number of aliphatic hydroxyl groups is 3. The Morgan fingerprint density at radius 2 is 1.80 bits per heavy atom. The first-order valence-electron chi connectivity index (χ1n) is 10.5. The van der Waals surface area contributed by atoms with Gasteiger partial charge in [-0.25, -0.2) is 0 Å². The van der Waals surface area contributed by atoms with Crippen molar-refractivity contribution in [1.29, 1.82) is 0 Å². The number of phenols is 1. The summed E-state index contributed by atoms with van der Waals surface area (Å²) in [5.74, 6) is 0.0170. The van der Waals surface area contributed by atoms with Crippen molar-refractivity contribution in [2.45, 2.75) is 24.6 Å². The number of ether oxygens (including phenoxy) is 6. The molecule has 0 radical (unpaired) electrons. The Morgan fingerprint density at radius 1 is 1.00 bits per heavy atom. The summed E-state index contributed by atoms with van der Waals surface area (Å²) in [7, 11) is 2.73. The van der Waals surface area contributed by atoms with E-state index in [0.29, 0.717) is 5.75 Å². The molecule has 3 heterocycles. The Labute approximate surface area is 197 Å². The highest BCUT2D eigenvalue weighted by atomic mass is 16.7. The van der Waals surface area contributed by atoms with Crippen molar-refractivity contribution < 1.29 is 53.3 Å². The number of fused-ring (bicyclic) bond motifs is 2. The number of aromatic hydroxyl groups is 1. The second kappa shape index (κ2) is 8.82. The molecular weight excluding hydrogens is 468 g/mol.